The Morgan fingerprint density at radius 2 is 1.77 bits per heavy atom. The van der Waals surface area contributed by atoms with Gasteiger partial charge in [0.1, 0.15) is 12.2 Å². The van der Waals surface area contributed by atoms with E-state index in [1.54, 1.807) is 30.7 Å². The Bertz CT molecular complexity index is 1090. The Kier molecular flexibility index (Phi) is 7.54. The van der Waals surface area contributed by atoms with Gasteiger partial charge in [-0.25, -0.2) is 10.9 Å². The number of carbonyl (C=O) groups excluding carboxylic acids is 2. The summed E-state index contributed by atoms with van der Waals surface area (Å²) < 4.78 is 7.23. The number of halogens is 2. The van der Waals surface area contributed by atoms with Gasteiger partial charge >= 0.3 is 0 Å². The summed E-state index contributed by atoms with van der Waals surface area (Å²) in [6.07, 6.45) is 1.39. The Morgan fingerprint density at radius 1 is 1.03 bits per heavy atom. The number of aromatic nitrogens is 1. The summed E-state index contributed by atoms with van der Waals surface area (Å²) in [6.45, 7) is 0.421. The second-order valence-corrected chi connectivity index (χ2v) is 7.42. The van der Waals surface area contributed by atoms with Gasteiger partial charge in [0.25, 0.3) is 11.8 Å². The fraction of sp³-hybridized carbons (Fsp3) is 0.143. The molecular formula is C21H20Cl2N4O4. The molecule has 0 aliphatic rings. The number of aryl methyl sites for hydroxylation is 1. The molecule has 0 aliphatic heterocycles. The highest BCUT2D eigenvalue weighted by Crippen LogP contribution is 2.28. The number of nitrogens with one attached hydrogen (secondary N) is 3. The minimum absolute atomic E-state index is 0.00160. The average molecular weight is 463 g/mol. The van der Waals surface area contributed by atoms with Gasteiger partial charge in [0.05, 0.1) is 10.0 Å². The van der Waals surface area contributed by atoms with Gasteiger partial charge in [0.15, 0.2) is 11.4 Å². The molecule has 0 aliphatic carbocycles. The van der Waals surface area contributed by atoms with E-state index in [4.69, 9.17) is 33.1 Å². The highest BCUT2D eigenvalue weighted by atomic mass is 35.5. The Labute approximate surface area is 188 Å². The van der Waals surface area contributed by atoms with Crippen molar-refractivity contribution < 1.29 is 19.5 Å². The van der Waals surface area contributed by atoms with E-state index in [1.165, 1.54) is 10.8 Å². The third-order valence-corrected chi connectivity index (χ3v) is 5.14. The molecule has 2 aromatic carbocycles. The molecule has 162 valence electrons. The van der Waals surface area contributed by atoms with Crippen molar-refractivity contribution in [2.45, 2.75) is 13.2 Å². The maximum absolute atomic E-state index is 12.8. The zero-order chi connectivity index (χ0) is 22.4. The maximum atomic E-state index is 12.8. The van der Waals surface area contributed by atoms with Crippen LogP contribution in [0, 0.1) is 0 Å². The predicted molar refractivity (Wildman–Crippen MR) is 116 cm³/mol. The first-order chi connectivity index (χ1) is 14.9. The molecule has 1 heterocycles. The number of hydrogen-bond donors (Lipinski definition) is 4. The highest BCUT2D eigenvalue weighted by Gasteiger charge is 2.26. The molecule has 3 rings (SSSR count). The summed E-state index contributed by atoms with van der Waals surface area (Å²) >= 11 is 12.0. The minimum atomic E-state index is -0.809. The topological polar surface area (TPSA) is 105 Å². The Morgan fingerprint density at radius 3 is 2.45 bits per heavy atom. The first kappa shape index (κ1) is 22.6. The molecule has 0 radical (unpaired) electrons. The van der Waals surface area contributed by atoms with Gasteiger partial charge in [0, 0.05) is 19.8 Å². The SMILES string of the molecule is Cn1cc(C(=O)NO)c(OCc2ccc(Cl)c(Cl)c2)c1C(=O)NNCc1ccccc1. The molecule has 0 saturated heterocycles. The van der Waals surface area contributed by atoms with Crippen molar-refractivity contribution in [1.82, 2.24) is 20.9 Å². The van der Waals surface area contributed by atoms with Gasteiger partial charge in [-0.1, -0.05) is 59.6 Å². The molecule has 0 saturated carbocycles. The zero-order valence-corrected chi connectivity index (χ0v) is 18.0. The minimum Gasteiger partial charge on any atom is -0.486 e. The molecule has 0 spiro atoms. The van der Waals surface area contributed by atoms with Crippen LogP contribution in [0.1, 0.15) is 32.0 Å². The fourth-order valence-electron chi connectivity index (χ4n) is 2.90. The summed E-state index contributed by atoms with van der Waals surface area (Å²) in [5.74, 6) is -1.31. The number of ether oxygens (including phenoxy) is 1. The van der Waals surface area contributed by atoms with Gasteiger partial charge in [-0.15, -0.1) is 0 Å². The molecule has 0 unspecified atom stereocenters. The van der Waals surface area contributed by atoms with E-state index in [0.29, 0.717) is 22.2 Å². The smallest absolute Gasteiger partial charge is 0.285 e. The molecule has 0 atom stereocenters. The van der Waals surface area contributed by atoms with E-state index >= 15 is 0 Å². The molecule has 1 aromatic heterocycles. The van der Waals surface area contributed by atoms with Crippen molar-refractivity contribution >= 4 is 35.0 Å². The quantitative estimate of drug-likeness (QED) is 0.303. The van der Waals surface area contributed by atoms with Crippen LogP contribution in [0.25, 0.3) is 0 Å². The fourth-order valence-corrected chi connectivity index (χ4v) is 3.22. The first-order valence-electron chi connectivity index (χ1n) is 9.18. The lowest BCUT2D eigenvalue weighted by atomic mass is 10.2. The third kappa shape index (κ3) is 5.56. The number of carbonyl (C=O) groups is 2. The van der Waals surface area contributed by atoms with Gasteiger partial charge < -0.3 is 9.30 Å². The van der Waals surface area contributed by atoms with Crippen molar-refractivity contribution in [2.24, 2.45) is 7.05 Å². The lowest BCUT2D eigenvalue weighted by molar-refractivity contribution is 0.0702. The van der Waals surface area contributed by atoms with Crippen LogP contribution in [0.15, 0.2) is 54.7 Å². The second kappa shape index (κ2) is 10.3. The van der Waals surface area contributed by atoms with Gasteiger partial charge in [0.2, 0.25) is 0 Å². The predicted octanol–water partition coefficient (Wildman–Crippen LogP) is 3.46. The average Bonchev–Trinajstić information content (AvgIpc) is 3.10. The summed E-state index contributed by atoms with van der Waals surface area (Å²) in [5.41, 5.74) is 8.75. The van der Waals surface area contributed by atoms with Crippen LogP contribution in [-0.2, 0) is 20.2 Å². The van der Waals surface area contributed by atoms with Crippen molar-refractivity contribution in [3.63, 3.8) is 0 Å². The first-order valence-corrected chi connectivity index (χ1v) is 9.94. The van der Waals surface area contributed by atoms with Crippen LogP contribution in [-0.4, -0.2) is 21.6 Å². The molecule has 8 nitrogen and oxygen atoms in total. The van der Waals surface area contributed by atoms with Crippen LogP contribution >= 0.6 is 23.2 Å². The molecule has 2 amide bonds. The number of hydrazine groups is 1. The van der Waals surface area contributed by atoms with Gasteiger partial charge in [-0.05, 0) is 23.3 Å². The van der Waals surface area contributed by atoms with Crippen LogP contribution in [0.2, 0.25) is 10.0 Å². The van der Waals surface area contributed by atoms with Gasteiger partial charge in [-0.2, -0.15) is 0 Å². The summed E-state index contributed by atoms with van der Waals surface area (Å²) in [6, 6.07) is 14.5. The Hall–Kier alpha value is -3.04. The van der Waals surface area contributed by atoms with E-state index in [-0.39, 0.29) is 23.6 Å². The number of nitrogens with zero attached hydrogens (tertiary/aromatic N) is 1. The number of amides is 2. The van der Waals surface area contributed by atoms with Crippen LogP contribution in [0.4, 0.5) is 0 Å². The number of rotatable bonds is 8. The van der Waals surface area contributed by atoms with Crippen molar-refractivity contribution in [2.75, 3.05) is 0 Å². The summed E-state index contributed by atoms with van der Waals surface area (Å²) in [4.78, 5) is 24.9. The van der Waals surface area contributed by atoms with E-state index in [9.17, 15) is 9.59 Å². The van der Waals surface area contributed by atoms with Gasteiger partial charge in [-0.3, -0.25) is 20.2 Å². The zero-order valence-electron chi connectivity index (χ0n) is 16.5. The molecule has 0 bridgehead atoms. The maximum Gasteiger partial charge on any atom is 0.285 e. The normalized spacial score (nSPS) is 10.6. The van der Waals surface area contributed by atoms with Crippen LogP contribution in [0.3, 0.4) is 0 Å². The molecule has 10 heteroatoms. The van der Waals surface area contributed by atoms with E-state index in [0.717, 1.165) is 5.56 Å². The molecule has 31 heavy (non-hydrogen) atoms. The van der Waals surface area contributed by atoms with Crippen LogP contribution in [0.5, 0.6) is 5.75 Å². The van der Waals surface area contributed by atoms with Crippen LogP contribution < -0.4 is 21.1 Å². The number of benzene rings is 2. The second-order valence-electron chi connectivity index (χ2n) is 6.60. The molecule has 3 aromatic rings. The number of hydroxylamine groups is 1. The number of hydrogen-bond acceptors (Lipinski definition) is 5. The van der Waals surface area contributed by atoms with Crippen molar-refractivity contribution in [1.29, 1.82) is 0 Å². The van der Waals surface area contributed by atoms with E-state index in [1.807, 2.05) is 30.3 Å². The molecular weight excluding hydrogens is 443 g/mol. The van der Waals surface area contributed by atoms with E-state index in [2.05, 4.69) is 10.9 Å². The third-order valence-electron chi connectivity index (χ3n) is 4.40. The summed E-state index contributed by atoms with van der Waals surface area (Å²) in [7, 11) is 1.59. The monoisotopic (exact) mass is 462 g/mol. The standard InChI is InChI=1S/C21H20Cl2N4O4/c1-27-11-15(20(28)26-30)19(31-12-14-7-8-16(22)17(23)9-14)18(27)21(29)25-24-10-13-5-3-2-4-6-13/h2-9,11,24,30H,10,12H2,1H3,(H,25,29)(H,26,28). The molecule has 0 fully saturated rings. The van der Waals surface area contributed by atoms with Crippen molar-refractivity contribution in [3.8, 4) is 5.75 Å². The van der Waals surface area contributed by atoms with Crippen molar-refractivity contribution in [3.05, 3.63) is 87.2 Å². The largest absolute Gasteiger partial charge is 0.486 e. The molecule has 4 N–H and O–H groups in total. The summed E-state index contributed by atoms with van der Waals surface area (Å²) in [5, 5.41) is 9.81. The highest BCUT2D eigenvalue weighted by molar-refractivity contribution is 6.42. The Balaban J connectivity index is 1.79. The lowest BCUT2D eigenvalue weighted by Gasteiger charge is -2.12. The van der Waals surface area contributed by atoms with E-state index < -0.39 is 11.8 Å². The lowest BCUT2D eigenvalue weighted by Crippen LogP contribution is -2.37.